The van der Waals surface area contributed by atoms with Crippen molar-refractivity contribution in [2.45, 2.75) is 39.3 Å². The Labute approximate surface area is 109 Å². The van der Waals surface area contributed by atoms with E-state index in [9.17, 15) is 0 Å². The van der Waals surface area contributed by atoms with Crippen LogP contribution >= 0.6 is 11.6 Å². The van der Waals surface area contributed by atoms with Gasteiger partial charge in [-0.1, -0.05) is 24.6 Å². The van der Waals surface area contributed by atoms with Crippen LogP contribution in [-0.2, 0) is 6.54 Å². The van der Waals surface area contributed by atoms with Crippen LogP contribution < -0.4 is 10.6 Å². The van der Waals surface area contributed by atoms with E-state index in [0.717, 1.165) is 28.7 Å². The van der Waals surface area contributed by atoms with Gasteiger partial charge in [0.1, 0.15) is 0 Å². The maximum atomic E-state index is 6.35. The molecule has 1 aromatic rings. The number of anilines is 1. The molecule has 3 heteroatoms. The quantitative estimate of drug-likeness (QED) is 0.874. The van der Waals surface area contributed by atoms with Crippen molar-refractivity contribution in [3.05, 3.63) is 28.8 Å². The molecule has 0 radical (unpaired) electrons. The van der Waals surface area contributed by atoms with Gasteiger partial charge in [-0.15, -0.1) is 0 Å². The van der Waals surface area contributed by atoms with Crippen molar-refractivity contribution in [2.75, 3.05) is 11.4 Å². The Kier molecular flexibility index (Phi) is 3.95. The molecule has 17 heavy (non-hydrogen) atoms. The predicted molar refractivity (Wildman–Crippen MR) is 74.5 cm³/mol. The van der Waals surface area contributed by atoms with E-state index in [1.165, 1.54) is 12.8 Å². The summed E-state index contributed by atoms with van der Waals surface area (Å²) < 4.78 is 0. The van der Waals surface area contributed by atoms with Crippen LogP contribution in [0.3, 0.4) is 0 Å². The van der Waals surface area contributed by atoms with E-state index in [1.54, 1.807) is 0 Å². The van der Waals surface area contributed by atoms with Crippen molar-refractivity contribution in [1.82, 2.24) is 0 Å². The summed E-state index contributed by atoms with van der Waals surface area (Å²) in [5, 5.41) is 0.828. The maximum Gasteiger partial charge on any atom is 0.0642 e. The van der Waals surface area contributed by atoms with Crippen molar-refractivity contribution in [1.29, 1.82) is 0 Å². The summed E-state index contributed by atoms with van der Waals surface area (Å²) in [6, 6.07) is 6.74. The minimum absolute atomic E-state index is 0.548. The largest absolute Gasteiger partial charge is 0.368 e. The second-order valence-corrected chi connectivity index (χ2v) is 5.57. The fourth-order valence-electron chi connectivity index (χ4n) is 2.68. The first kappa shape index (κ1) is 12.7. The molecule has 1 aliphatic heterocycles. The monoisotopic (exact) mass is 252 g/mol. The average molecular weight is 253 g/mol. The molecule has 1 saturated heterocycles. The van der Waals surface area contributed by atoms with E-state index in [2.05, 4.69) is 30.9 Å². The van der Waals surface area contributed by atoms with Gasteiger partial charge >= 0.3 is 0 Å². The Bertz CT molecular complexity index is 392. The molecule has 2 unspecified atom stereocenters. The van der Waals surface area contributed by atoms with Crippen LogP contribution in [0.15, 0.2) is 18.2 Å². The van der Waals surface area contributed by atoms with E-state index < -0.39 is 0 Å². The van der Waals surface area contributed by atoms with Crippen molar-refractivity contribution in [2.24, 2.45) is 11.7 Å². The summed E-state index contributed by atoms with van der Waals surface area (Å²) in [7, 11) is 0. The molecule has 1 fully saturated rings. The third-order valence-corrected chi connectivity index (χ3v) is 4.00. The van der Waals surface area contributed by atoms with Gasteiger partial charge in [0.05, 0.1) is 10.7 Å². The van der Waals surface area contributed by atoms with E-state index in [-0.39, 0.29) is 0 Å². The number of piperidine rings is 1. The zero-order valence-electron chi connectivity index (χ0n) is 10.6. The minimum Gasteiger partial charge on any atom is -0.368 e. The smallest absolute Gasteiger partial charge is 0.0642 e. The van der Waals surface area contributed by atoms with Gasteiger partial charge in [-0.05, 0) is 43.4 Å². The minimum atomic E-state index is 0.548. The lowest BCUT2D eigenvalue weighted by Gasteiger charge is -2.38. The first-order valence-electron chi connectivity index (χ1n) is 6.37. The van der Waals surface area contributed by atoms with Gasteiger partial charge < -0.3 is 10.6 Å². The molecule has 2 rings (SSSR count). The molecule has 0 spiro atoms. The first-order chi connectivity index (χ1) is 8.11. The molecule has 1 heterocycles. The third-order valence-electron chi connectivity index (χ3n) is 3.70. The van der Waals surface area contributed by atoms with Crippen LogP contribution in [0, 0.1) is 5.92 Å². The Hall–Kier alpha value is -0.730. The Morgan fingerprint density at radius 2 is 2.18 bits per heavy atom. The fourth-order valence-corrected chi connectivity index (χ4v) is 2.99. The van der Waals surface area contributed by atoms with Crippen molar-refractivity contribution < 1.29 is 0 Å². The SMILES string of the molecule is CC1CCN(c2ccc(CN)cc2Cl)C(C)C1. The van der Waals surface area contributed by atoms with Crippen LogP contribution in [-0.4, -0.2) is 12.6 Å². The van der Waals surface area contributed by atoms with Gasteiger partial charge in [0.15, 0.2) is 0 Å². The topological polar surface area (TPSA) is 29.3 Å². The molecule has 2 atom stereocenters. The standard InChI is InChI=1S/C14H21ClN2/c1-10-5-6-17(11(2)7-10)14-4-3-12(9-16)8-13(14)15/h3-4,8,10-11H,5-7,9,16H2,1-2H3. The zero-order valence-corrected chi connectivity index (χ0v) is 11.4. The normalized spacial score (nSPS) is 25.1. The second-order valence-electron chi connectivity index (χ2n) is 5.16. The maximum absolute atomic E-state index is 6.35. The first-order valence-corrected chi connectivity index (χ1v) is 6.74. The van der Waals surface area contributed by atoms with Crippen LogP contribution in [0.25, 0.3) is 0 Å². The molecular weight excluding hydrogens is 232 g/mol. The number of hydrogen-bond donors (Lipinski definition) is 1. The van der Waals surface area contributed by atoms with Crippen LogP contribution in [0.2, 0.25) is 5.02 Å². The van der Waals surface area contributed by atoms with Gasteiger partial charge in [0.25, 0.3) is 0 Å². The molecule has 0 aliphatic carbocycles. The van der Waals surface area contributed by atoms with Gasteiger partial charge in [-0.25, -0.2) is 0 Å². The summed E-state index contributed by atoms with van der Waals surface area (Å²) in [4.78, 5) is 2.42. The van der Waals surface area contributed by atoms with Crippen molar-refractivity contribution in [3.8, 4) is 0 Å². The highest BCUT2D eigenvalue weighted by Gasteiger charge is 2.24. The van der Waals surface area contributed by atoms with Gasteiger partial charge in [-0.3, -0.25) is 0 Å². The van der Waals surface area contributed by atoms with Crippen molar-refractivity contribution in [3.63, 3.8) is 0 Å². The average Bonchev–Trinajstić information content (AvgIpc) is 2.30. The second kappa shape index (κ2) is 5.28. The molecule has 1 aliphatic rings. The predicted octanol–water partition coefficient (Wildman–Crippen LogP) is 3.42. The number of nitrogens with zero attached hydrogens (tertiary/aromatic N) is 1. The summed E-state index contributed by atoms with van der Waals surface area (Å²) in [6.07, 6.45) is 2.49. The Morgan fingerprint density at radius 1 is 1.41 bits per heavy atom. The van der Waals surface area contributed by atoms with Crippen LogP contribution in [0.1, 0.15) is 32.3 Å². The summed E-state index contributed by atoms with van der Waals surface area (Å²) >= 11 is 6.35. The Morgan fingerprint density at radius 3 is 2.76 bits per heavy atom. The van der Waals surface area contributed by atoms with E-state index in [0.29, 0.717) is 12.6 Å². The molecule has 2 nitrogen and oxygen atoms in total. The number of benzene rings is 1. The van der Waals surface area contributed by atoms with Crippen LogP contribution in [0.5, 0.6) is 0 Å². The lowest BCUT2D eigenvalue weighted by molar-refractivity contribution is 0.378. The van der Waals surface area contributed by atoms with Gasteiger partial charge in [0, 0.05) is 19.1 Å². The number of halogens is 1. The number of nitrogens with two attached hydrogens (primary N) is 1. The summed E-state index contributed by atoms with van der Waals surface area (Å²) in [5.41, 5.74) is 7.87. The summed E-state index contributed by atoms with van der Waals surface area (Å²) in [5.74, 6) is 0.823. The van der Waals surface area contributed by atoms with Crippen molar-refractivity contribution >= 4 is 17.3 Å². The molecule has 0 bridgehead atoms. The van der Waals surface area contributed by atoms with Crippen LogP contribution in [0.4, 0.5) is 5.69 Å². The van der Waals surface area contributed by atoms with E-state index in [1.807, 2.05) is 6.07 Å². The highest BCUT2D eigenvalue weighted by atomic mass is 35.5. The lowest BCUT2D eigenvalue weighted by Crippen LogP contribution is -2.40. The number of rotatable bonds is 2. The highest BCUT2D eigenvalue weighted by molar-refractivity contribution is 6.33. The lowest BCUT2D eigenvalue weighted by atomic mass is 9.93. The molecule has 94 valence electrons. The molecule has 1 aromatic carbocycles. The van der Waals surface area contributed by atoms with Gasteiger partial charge in [-0.2, -0.15) is 0 Å². The highest BCUT2D eigenvalue weighted by Crippen LogP contribution is 2.33. The van der Waals surface area contributed by atoms with E-state index >= 15 is 0 Å². The number of hydrogen-bond acceptors (Lipinski definition) is 2. The molecule has 2 N–H and O–H groups in total. The molecule has 0 aromatic heterocycles. The third kappa shape index (κ3) is 2.75. The molecular formula is C14H21ClN2. The fraction of sp³-hybridized carbons (Fsp3) is 0.571. The van der Waals surface area contributed by atoms with E-state index in [4.69, 9.17) is 17.3 Å². The summed E-state index contributed by atoms with van der Waals surface area (Å²) in [6.45, 7) is 6.26. The molecule has 0 amide bonds. The van der Waals surface area contributed by atoms with Gasteiger partial charge in [0.2, 0.25) is 0 Å². The molecule has 0 saturated carbocycles. The zero-order chi connectivity index (χ0) is 12.4. The Balaban J connectivity index is 2.22.